The molecule has 1 rings (SSSR count). The van der Waals surface area contributed by atoms with Gasteiger partial charge in [-0.3, -0.25) is 10.1 Å². The van der Waals surface area contributed by atoms with Crippen LogP contribution in [0.1, 0.15) is 0 Å². The number of carbonyl (C=O) groups excluding carboxylic acids is 2. The van der Waals surface area contributed by atoms with Crippen LogP contribution in [0, 0.1) is 0 Å². The molecule has 13 heavy (non-hydrogen) atoms. The first-order valence-corrected chi connectivity index (χ1v) is 3.67. The molecule has 1 aliphatic heterocycles. The van der Waals surface area contributed by atoms with Gasteiger partial charge in [-0.05, 0) is 5.57 Å². The summed E-state index contributed by atoms with van der Waals surface area (Å²) in [6.45, 7) is 6.87. The Balaban J connectivity index is 2.72. The highest BCUT2D eigenvalue weighted by atomic mass is 16.3. The van der Waals surface area contributed by atoms with Gasteiger partial charge in [0.2, 0.25) is 0 Å². The van der Waals surface area contributed by atoms with Gasteiger partial charge in [0.15, 0.2) is 0 Å². The van der Waals surface area contributed by atoms with Crippen molar-refractivity contribution in [1.82, 2.24) is 10.6 Å². The fraction of sp³-hybridized carbons (Fsp3) is 0.250. The van der Waals surface area contributed by atoms with E-state index in [1.807, 2.05) is 5.32 Å². The van der Waals surface area contributed by atoms with Gasteiger partial charge in [0, 0.05) is 0 Å². The lowest BCUT2D eigenvalue weighted by molar-refractivity contribution is -0.121. The van der Waals surface area contributed by atoms with Gasteiger partial charge in [-0.2, -0.15) is 0 Å². The van der Waals surface area contributed by atoms with E-state index in [2.05, 4.69) is 18.5 Å². The largest absolute Gasteiger partial charge is 0.386 e. The zero-order valence-corrected chi connectivity index (χ0v) is 6.91. The quantitative estimate of drug-likeness (QED) is 0.399. The van der Waals surface area contributed by atoms with Crippen LogP contribution < -0.4 is 10.6 Å². The van der Waals surface area contributed by atoms with Crippen molar-refractivity contribution < 1.29 is 14.7 Å². The summed E-state index contributed by atoms with van der Waals surface area (Å²) in [6.07, 6.45) is 0.214. The Bertz CT molecular complexity index is 285. The minimum absolute atomic E-state index is 0.294. The SMILES string of the molecule is C=CC(=C)C(O)C1NC(=O)NC1=O. The van der Waals surface area contributed by atoms with Crippen LogP contribution in [0.4, 0.5) is 4.79 Å². The number of nitrogens with one attached hydrogen (secondary N) is 2. The van der Waals surface area contributed by atoms with Gasteiger partial charge in [-0.1, -0.05) is 19.2 Å². The maximum Gasteiger partial charge on any atom is 0.322 e. The second-order valence-corrected chi connectivity index (χ2v) is 2.66. The normalized spacial score (nSPS) is 23.3. The van der Waals surface area contributed by atoms with Crippen molar-refractivity contribution in [1.29, 1.82) is 0 Å². The highest BCUT2D eigenvalue weighted by Gasteiger charge is 2.35. The van der Waals surface area contributed by atoms with Gasteiger partial charge < -0.3 is 10.4 Å². The number of urea groups is 1. The third-order valence-electron chi connectivity index (χ3n) is 1.76. The molecule has 3 N–H and O–H groups in total. The molecule has 1 aliphatic rings. The standard InChI is InChI=1S/C8H10N2O3/c1-3-4(2)6(11)5-7(12)10-8(13)9-5/h3,5-6,11H,1-2H2,(H2,9,10,12,13). The summed E-state index contributed by atoms with van der Waals surface area (Å²) in [7, 11) is 0. The average Bonchev–Trinajstić information content (AvgIpc) is 2.42. The molecule has 1 fully saturated rings. The minimum Gasteiger partial charge on any atom is -0.386 e. The van der Waals surface area contributed by atoms with E-state index in [4.69, 9.17) is 0 Å². The van der Waals surface area contributed by atoms with Crippen LogP contribution in [0.25, 0.3) is 0 Å². The number of hydrogen-bond acceptors (Lipinski definition) is 3. The van der Waals surface area contributed by atoms with Gasteiger partial charge in [0.1, 0.15) is 12.1 Å². The zero-order valence-electron chi connectivity index (χ0n) is 6.91. The maximum absolute atomic E-state index is 11.0. The summed E-state index contributed by atoms with van der Waals surface area (Å²) >= 11 is 0. The molecule has 0 aliphatic carbocycles. The number of aliphatic hydroxyl groups excluding tert-OH is 1. The summed E-state index contributed by atoms with van der Waals surface area (Å²) in [5.41, 5.74) is 0.294. The number of rotatable bonds is 3. The number of amides is 3. The second-order valence-electron chi connectivity index (χ2n) is 2.66. The van der Waals surface area contributed by atoms with Crippen LogP contribution in [0.2, 0.25) is 0 Å². The summed E-state index contributed by atoms with van der Waals surface area (Å²) in [5.74, 6) is -0.555. The molecule has 0 bridgehead atoms. The van der Waals surface area contributed by atoms with Gasteiger partial charge in [-0.15, -0.1) is 0 Å². The lowest BCUT2D eigenvalue weighted by atomic mass is 10.0. The predicted octanol–water partition coefficient (Wildman–Crippen LogP) is -0.703. The first-order valence-electron chi connectivity index (χ1n) is 3.67. The summed E-state index contributed by atoms with van der Waals surface area (Å²) in [6, 6.07) is -1.57. The first-order chi connectivity index (χ1) is 6.06. The lowest BCUT2D eigenvalue weighted by Gasteiger charge is -2.15. The molecule has 1 saturated heterocycles. The molecule has 70 valence electrons. The molecule has 0 saturated carbocycles. The Kier molecular flexibility index (Phi) is 2.48. The van der Waals surface area contributed by atoms with Crippen molar-refractivity contribution in [3.63, 3.8) is 0 Å². The molecule has 5 heteroatoms. The van der Waals surface area contributed by atoms with Crippen LogP contribution in [0.3, 0.4) is 0 Å². The third kappa shape index (κ3) is 1.75. The Morgan fingerprint density at radius 1 is 1.62 bits per heavy atom. The number of aliphatic hydroxyl groups is 1. The van der Waals surface area contributed by atoms with Crippen molar-refractivity contribution in [3.8, 4) is 0 Å². The molecule has 0 aromatic rings. The van der Waals surface area contributed by atoms with Crippen LogP contribution in [0.5, 0.6) is 0 Å². The van der Waals surface area contributed by atoms with Gasteiger partial charge in [-0.25, -0.2) is 4.79 Å². The second kappa shape index (κ2) is 3.40. The van der Waals surface area contributed by atoms with Crippen molar-refractivity contribution >= 4 is 11.9 Å². The zero-order chi connectivity index (χ0) is 10.0. The average molecular weight is 182 g/mol. The molecular formula is C8H10N2O3. The predicted molar refractivity (Wildman–Crippen MR) is 45.8 cm³/mol. The highest BCUT2D eigenvalue weighted by molar-refractivity contribution is 6.04. The smallest absolute Gasteiger partial charge is 0.322 e. The van der Waals surface area contributed by atoms with E-state index in [0.717, 1.165) is 0 Å². The molecule has 2 atom stereocenters. The molecule has 0 aromatic carbocycles. The van der Waals surface area contributed by atoms with Crippen LogP contribution in [-0.4, -0.2) is 29.2 Å². The fourth-order valence-electron chi connectivity index (χ4n) is 0.990. The topological polar surface area (TPSA) is 78.4 Å². The summed E-state index contributed by atoms with van der Waals surface area (Å²) in [4.78, 5) is 21.7. The third-order valence-corrected chi connectivity index (χ3v) is 1.76. The molecule has 2 unspecified atom stereocenters. The van der Waals surface area contributed by atoms with Crippen molar-refractivity contribution in [2.75, 3.05) is 0 Å². The van der Waals surface area contributed by atoms with Crippen LogP contribution in [-0.2, 0) is 4.79 Å². The Morgan fingerprint density at radius 2 is 2.23 bits per heavy atom. The summed E-state index contributed by atoms with van der Waals surface area (Å²) < 4.78 is 0. The Morgan fingerprint density at radius 3 is 2.62 bits per heavy atom. The Labute approximate surface area is 75.1 Å². The Hall–Kier alpha value is -1.62. The van der Waals surface area contributed by atoms with E-state index in [0.29, 0.717) is 5.57 Å². The molecule has 0 spiro atoms. The minimum atomic E-state index is -1.12. The van der Waals surface area contributed by atoms with E-state index >= 15 is 0 Å². The molecule has 5 nitrogen and oxygen atoms in total. The van der Waals surface area contributed by atoms with Crippen LogP contribution in [0.15, 0.2) is 24.8 Å². The van der Waals surface area contributed by atoms with E-state index in [9.17, 15) is 14.7 Å². The van der Waals surface area contributed by atoms with E-state index in [1.54, 1.807) is 0 Å². The monoisotopic (exact) mass is 182 g/mol. The van der Waals surface area contributed by atoms with E-state index in [-0.39, 0.29) is 0 Å². The number of hydrogen-bond donors (Lipinski definition) is 3. The first kappa shape index (κ1) is 9.47. The summed E-state index contributed by atoms with van der Waals surface area (Å²) in [5, 5.41) is 13.7. The molecule has 0 aromatic heterocycles. The van der Waals surface area contributed by atoms with Gasteiger partial charge >= 0.3 is 6.03 Å². The van der Waals surface area contributed by atoms with Crippen molar-refractivity contribution in [3.05, 3.63) is 24.8 Å². The highest BCUT2D eigenvalue weighted by Crippen LogP contribution is 2.08. The van der Waals surface area contributed by atoms with Gasteiger partial charge in [0.25, 0.3) is 5.91 Å². The van der Waals surface area contributed by atoms with Crippen LogP contribution >= 0.6 is 0 Å². The van der Waals surface area contributed by atoms with Gasteiger partial charge in [0.05, 0.1) is 0 Å². The molecule has 0 radical (unpaired) electrons. The van der Waals surface area contributed by atoms with E-state index in [1.165, 1.54) is 6.08 Å². The van der Waals surface area contributed by atoms with E-state index < -0.39 is 24.1 Å². The molecular weight excluding hydrogens is 172 g/mol. The number of carbonyl (C=O) groups is 2. The van der Waals surface area contributed by atoms with Crippen molar-refractivity contribution in [2.24, 2.45) is 0 Å². The number of imide groups is 1. The maximum atomic E-state index is 11.0. The van der Waals surface area contributed by atoms with Crippen molar-refractivity contribution in [2.45, 2.75) is 12.1 Å². The fourth-order valence-corrected chi connectivity index (χ4v) is 0.990. The lowest BCUT2D eigenvalue weighted by Crippen LogP contribution is -2.41. The molecule has 3 amide bonds. The molecule has 1 heterocycles.